The summed E-state index contributed by atoms with van der Waals surface area (Å²) in [6, 6.07) is -0.742. The molecule has 67 heavy (non-hydrogen) atoms. The Morgan fingerprint density at radius 2 is 0.776 bits per heavy atom. The van der Waals surface area contributed by atoms with E-state index in [1.807, 2.05) is 12.2 Å². The Balaban J connectivity index is 4.60. The zero-order valence-electron chi connectivity index (χ0n) is 44.5. The number of nitrogens with one attached hydrogen (secondary N) is 1. The molecule has 0 aromatic heterocycles. The molecule has 3 unspecified atom stereocenters. The van der Waals surface area contributed by atoms with Gasteiger partial charge in [-0.1, -0.05) is 287 Å². The van der Waals surface area contributed by atoms with Crippen molar-refractivity contribution in [1.29, 1.82) is 0 Å². The molecule has 0 aliphatic heterocycles. The summed E-state index contributed by atoms with van der Waals surface area (Å²) >= 11 is 0. The molecule has 3 N–H and O–H groups in total. The Morgan fingerprint density at radius 1 is 0.448 bits per heavy atom. The van der Waals surface area contributed by atoms with Crippen molar-refractivity contribution in [2.75, 3.05) is 6.61 Å². The first-order chi connectivity index (χ1) is 33.0. The minimum atomic E-state index is -0.820. The number of carbonyl (C=O) groups is 2. The van der Waals surface area contributed by atoms with Gasteiger partial charge in [-0.3, -0.25) is 9.59 Å². The highest BCUT2D eigenvalue weighted by molar-refractivity contribution is 5.78. The van der Waals surface area contributed by atoms with E-state index in [1.54, 1.807) is 0 Å². The smallest absolute Gasteiger partial charge is 0.306 e. The molecule has 0 aliphatic rings. The topological polar surface area (TPSA) is 95.9 Å². The summed E-state index contributed by atoms with van der Waals surface area (Å²) in [4.78, 5) is 26.2. The predicted octanol–water partition coefficient (Wildman–Crippen LogP) is 18.0. The molecule has 1 amide bonds. The minimum Gasteiger partial charge on any atom is -0.458 e. The van der Waals surface area contributed by atoms with Crippen LogP contribution in [0.25, 0.3) is 0 Å². The first-order valence-electron chi connectivity index (χ1n) is 29.0. The van der Waals surface area contributed by atoms with Crippen molar-refractivity contribution in [2.45, 2.75) is 309 Å². The standard InChI is InChI=1S/C61H111NO5/c1-4-7-10-13-16-19-22-25-28-30-32-35-38-41-44-47-50-53-59(64)58(56-63)62-60(65)55-57(52-49-46-43-40-37-34-27-24-21-18-15-12-9-6-3)67-61(66)54-51-48-45-42-39-36-33-31-29-26-23-20-17-14-11-8-5-2/h9,12,18,21,27,34,40,43,49,52,57-59,63-64H,4-8,10-11,13-17,19-20,22-26,28-33,35-39,41-42,44-48,50-51,53-56H2,1-3H3,(H,62,65)/b12-9+,21-18+,34-27+,43-40+,52-49+. The monoisotopic (exact) mass is 938 g/mol. The lowest BCUT2D eigenvalue weighted by Crippen LogP contribution is -2.46. The molecule has 0 spiro atoms. The number of aliphatic hydroxyl groups excluding tert-OH is 2. The molecule has 0 saturated heterocycles. The molecule has 0 bridgehead atoms. The molecule has 6 nitrogen and oxygen atoms in total. The number of aliphatic hydroxyl groups is 2. The zero-order valence-corrected chi connectivity index (χ0v) is 44.5. The molecule has 0 fully saturated rings. The number of amides is 1. The lowest BCUT2D eigenvalue weighted by Gasteiger charge is -2.23. The SMILES string of the molecule is CC/C=C/C/C=C/C/C=C/C/C=C/C/C=C/C(CC(=O)NC(CO)C(O)CCCCCCCCCCCCCCCCCCC)OC(=O)CCCCCCCCCCCCCCCCCCC. The largest absolute Gasteiger partial charge is 0.458 e. The van der Waals surface area contributed by atoms with Crippen LogP contribution < -0.4 is 5.32 Å². The minimum absolute atomic E-state index is 0.0438. The van der Waals surface area contributed by atoms with Crippen LogP contribution in [0.5, 0.6) is 0 Å². The first-order valence-corrected chi connectivity index (χ1v) is 29.0. The van der Waals surface area contributed by atoms with E-state index in [0.29, 0.717) is 19.3 Å². The molecule has 0 saturated carbocycles. The maximum Gasteiger partial charge on any atom is 0.306 e. The van der Waals surface area contributed by atoms with Gasteiger partial charge in [0.2, 0.25) is 5.91 Å². The van der Waals surface area contributed by atoms with Crippen molar-refractivity contribution in [2.24, 2.45) is 0 Å². The number of ether oxygens (including phenoxy) is 1. The van der Waals surface area contributed by atoms with E-state index in [-0.39, 0.29) is 24.9 Å². The highest BCUT2D eigenvalue weighted by atomic mass is 16.5. The fraction of sp³-hybridized carbons (Fsp3) is 0.803. The molecule has 0 aromatic carbocycles. The molecule has 0 radical (unpaired) electrons. The molecule has 3 atom stereocenters. The Hall–Kier alpha value is -2.44. The quantitative estimate of drug-likeness (QED) is 0.0321. The third-order valence-corrected chi connectivity index (χ3v) is 13.1. The van der Waals surface area contributed by atoms with E-state index in [9.17, 15) is 19.8 Å². The van der Waals surface area contributed by atoms with E-state index >= 15 is 0 Å². The van der Waals surface area contributed by atoms with Gasteiger partial charge in [0.05, 0.1) is 25.2 Å². The van der Waals surface area contributed by atoms with Gasteiger partial charge in [0.25, 0.3) is 0 Å². The second-order valence-electron chi connectivity index (χ2n) is 19.7. The average molecular weight is 939 g/mol. The first kappa shape index (κ1) is 64.6. The van der Waals surface area contributed by atoms with Crippen molar-refractivity contribution in [3.8, 4) is 0 Å². The fourth-order valence-corrected chi connectivity index (χ4v) is 8.75. The average Bonchev–Trinajstić information content (AvgIpc) is 3.32. The van der Waals surface area contributed by atoms with Gasteiger partial charge in [0.1, 0.15) is 6.10 Å². The van der Waals surface area contributed by atoms with Crippen LogP contribution in [0.3, 0.4) is 0 Å². The lowest BCUT2D eigenvalue weighted by atomic mass is 10.0. The van der Waals surface area contributed by atoms with Crippen molar-refractivity contribution in [1.82, 2.24) is 5.32 Å². The van der Waals surface area contributed by atoms with E-state index in [1.165, 1.54) is 180 Å². The highest BCUT2D eigenvalue weighted by Crippen LogP contribution is 2.17. The maximum atomic E-state index is 13.2. The van der Waals surface area contributed by atoms with Crippen molar-refractivity contribution < 1.29 is 24.5 Å². The van der Waals surface area contributed by atoms with Crippen molar-refractivity contribution in [3.63, 3.8) is 0 Å². The second-order valence-corrected chi connectivity index (χ2v) is 19.7. The summed E-state index contributed by atoms with van der Waals surface area (Å²) in [6.07, 6.45) is 69.0. The van der Waals surface area contributed by atoms with Crippen LogP contribution in [0.2, 0.25) is 0 Å². The fourth-order valence-electron chi connectivity index (χ4n) is 8.75. The van der Waals surface area contributed by atoms with Gasteiger partial charge >= 0.3 is 5.97 Å². The highest BCUT2D eigenvalue weighted by Gasteiger charge is 2.23. The van der Waals surface area contributed by atoms with Gasteiger partial charge in [-0.05, 0) is 51.0 Å². The van der Waals surface area contributed by atoms with Gasteiger partial charge in [-0.25, -0.2) is 0 Å². The van der Waals surface area contributed by atoms with Gasteiger partial charge in [0.15, 0.2) is 0 Å². The third-order valence-electron chi connectivity index (χ3n) is 13.1. The molecule has 0 aromatic rings. The van der Waals surface area contributed by atoms with Gasteiger partial charge in [-0.15, -0.1) is 0 Å². The van der Waals surface area contributed by atoms with Crippen molar-refractivity contribution >= 4 is 11.9 Å². The van der Waals surface area contributed by atoms with Crippen LogP contribution >= 0.6 is 0 Å². The van der Waals surface area contributed by atoms with Crippen LogP contribution in [0.4, 0.5) is 0 Å². The van der Waals surface area contributed by atoms with E-state index in [2.05, 4.69) is 74.7 Å². The number of hydrogen-bond acceptors (Lipinski definition) is 5. The van der Waals surface area contributed by atoms with Gasteiger partial charge in [-0.2, -0.15) is 0 Å². The molecule has 390 valence electrons. The lowest BCUT2D eigenvalue weighted by molar-refractivity contribution is -0.148. The zero-order chi connectivity index (χ0) is 48.8. The summed E-state index contributed by atoms with van der Waals surface area (Å²) in [5.41, 5.74) is 0. The number of rotatable bonds is 52. The number of carbonyl (C=O) groups excluding carboxylic acids is 2. The number of esters is 1. The van der Waals surface area contributed by atoms with Gasteiger partial charge < -0.3 is 20.3 Å². The number of allylic oxidation sites excluding steroid dienone is 9. The molecule has 0 heterocycles. The van der Waals surface area contributed by atoms with E-state index in [4.69, 9.17) is 4.74 Å². The van der Waals surface area contributed by atoms with E-state index in [0.717, 1.165) is 64.2 Å². The van der Waals surface area contributed by atoms with Gasteiger partial charge in [0, 0.05) is 6.42 Å². The van der Waals surface area contributed by atoms with E-state index < -0.39 is 18.2 Å². The normalized spacial score (nSPS) is 13.6. The Kier molecular flexibility index (Phi) is 52.5. The number of hydrogen-bond donors (Lipinski definition) is 3. The Bertz CT molecular complexity index is 1190. The molecule has 6 heteroatoms. The predicted molar refractivity (Wildman–Crippen MR) is 292 cm³/mol. The molecular formula is C61H111NO5. The van der Waals surface area contributed by atoms with Crippen LogP contribution in [-0.4, -0.2) is 46.9 Å². The molecule has 0 rings (SSSR count). The maximum absolute atomic E-state index is 13.2. The Labute approximate surface area is 416 Å². The summed E-state index contributed by atoms with van der Waals surface area (Å²) in [7, 11) is 0. The van der Waals surface area contributed by atoms with Crippen LogP contribution in [0.1, 0.15) is 290 Å². The second kappa shape index (κ2) is 54.5. The van der Waals surface area contributed by atoms with Crippen LogP contribution in [-0.2, 0) is 14.3 Å². The molecular weight excluding hydrogens is 827 g/mol. The third kappa shape index (κ3) is 49.8. The van der Waals surface area contributed by atoms with Crippen molar-refractivity contribution in [3.05, 3.63) is 60.8 Å². The summed E-state index contributed by atoms with van der Waals surface area (Å²) < 4.78 is 5.85. The van der Waals surface area contributed by atoms with Crippen LogP contribution in [0.15, 0.2) is 60.8 Å². The molecule has 0 aliphatic carbocycles. The summed E-state index contributed by atoms with van der Waals surface area (Å²) in [6.45, 7) is 6.37. The summed E-state index contributed by atoms with van der Waals surface area (Å²) in [5.74, 6) is -0.617. The van der Waals surface area contributed by atoms with Crippen LogP contribution in [0, 0.1) is 0 Å². The Morgan fingerprint density at radius 3 is 1.13 bits per heavy atom. The number of unbranched alkanes of at least 4 members (excludes halogenated alkanes) is 32. The summed E-state index contributed by atoms with van der Waals surface area (Å²) in [5, 5.41) is 23.8.